The predicted octanol–water partition coefficient (Wildman–Crippen LogP) is 3.00. The van der Waals surface area contributed by atoms with Gasteiger partial charge in [-0.3, -0.25) is 9.20 Å². The second-order valence-corrected chi connectivity index (χ2v) is 6.93. The van der Waals surface area contributed by atoms with Gasteiger partial charge in [0.25, 0.3) is 5.56 Å². The minimum Gasteiger partial charge on any atom is -0.489 e. The number of aromatic nitrogens is 2. The highest BCUT2D eigenvalue weighted by atomic mass is 32.1. The molecule has 0 radical (unpaired) electrons. The maximum absolute atomic E-state index is 12.5. The van der Waals surface area contributed by atoms with E-state index in [4.69, 9.17) is 9.47 Å². The Morgan fingerprint density at radius 2 is 2.24 bits per heavy atom. The summed E-state index contributed by atoms with van der Waals surface area (Å²) in [7, 11) is 0. The molecule has 1 aromatic carbocycles. The van der Waals surface area contributed by atoms with Crippen LogP contribution in [0.3, 0.4) is 0 Å². The van der Waals surface area contributed by atoms with E-state index in [0.717, 1.165) is 5.56 Å². The summed E-state index contributed by atoms with van der Waals surface area (Å²) in [5, 5.41) is 1.78. The SMILES string of the molecule is CC1Oc2c(C(=O)OCc3cc(=O)n4ccsc4n3)cccc2C1C. The average molecular weight is 356 g/mol. The molecule has 7 heteroatoms. The van der Waals surface area contributed by atoms with E-state index in [1.54, 1.807) is 17.6 Å². The number of ether oxygens (including phenoxy) is 2. The van der Waals surface area contributed by atoms with E-state index >= 15 is 0 Å². The summed E-state index contributed by atoms with van der Waals surface area (Å²) in [5.74, 6) is 0.339. The van der Waals surface area contributed by atoms with E-state index in [2.05, 4.69) is 11.9 Å². The van der Waals surface area contributed by atoms with Gasteiger partial charge in [0, 0.05) is 29.1 Å². The number of hydrogen-bond donors (Lipinski definition) is 0. The number of esters is 1. The van der Waals surface area contributed by atoms with Gasteiger partial charge in [-0.25, -0.2) is 9.78 Å². The fourth-order valence-electron chi connectivity index (χ4n) is 2.93. The van der Waals surface area contributed by atoms with E-state index < -0.39 is 5.97 Å². The molecule has 1 aliphatic rings. The molecular weight excluding hydrogens is 340 g/mol. The Balaban J connectivity index is 1.56. The van der Waals surface area contributed by atoms with Crippen molar-refractivity contribution in [2.24, 2.45) is 0 Å². The molecule has 2 aromatic heterocycles. The molecule has 0 saturated carbocycles. The topological polar surface area (TPSA) is 69.9 Å². The molecule has 128 valence electrons. The highest BCUT2D eigenvalue weighted by Gasteiger charge is 2.31. The zero-order valence-electron chi connectivity index (χ0n) is 13.8. The summed E-state index contributed by atoms with van der Waals surface area (Å²) in [4.78, 5) is 29.4. The van der Waals surface area contributed by atoms with Gasteiger partial charge < -0.3 is 9.47 Å². The van der Waals surface area contributed by atoms with E-state index in [1.165, 1.54) is 21.8 Å². The lowest BCUT2D eigenvalue weighted by Gasteiger charge is -2.09. The Bertz CT molecular complexity index is 1020. The molecule has 0 spiro atoms. The van der Waals surface area contributed by atoms with Crippen LogP contribution in [0.4, 0.5) is 0 Å². The van der Waals surface area contributed by atoms with Crippen LogP contribution < -0.4 is 10.3 Å². The molecule has 0 bridgehead atoms. The Morgan fingerprint density at radius 1 is 1.40 bits per heavy atom. The van der Waals surface area contributed by atoms with Crippen molar-refractivity contribution in [2.75, 3.05) is 0 Å². The van der Waals surface area contributed by atoms with E-state index in [9.17, 15) is 9.59 Å². The Morgan fingerprint density at radius 3 is 3.08 bits per heavy atom. The van der Waals surface area contributed by atoms with Crippen LogP contribution in [-0.4, -0.2) is 21.5 Å². The van der Waals surface area contributed by atoms with Crippen LogP contribution in [0.5, 0.6) is 5.75 Å². The number of benzene rings is 1. The Kier molecular flexibility index (Phi) is 3.80. The number of fused-ring (bicyclic) bond motifs is 2. The molecule has 0 saturated heterocycles. The number of carbonyl (C=O) groups excluding carboxylic acids is 1. The minimum absolute atomic E-state index is 0.0203. The number of nitrogens with zero attached hydrogens (tertiary/aromatic N) is 2. The lowest BCUT2D eigenvalue weighted by atomic mass is 9.97. The summed E-state index contributed by atoms with van der Waals surface area (Å²) in [6.07, 6.45) is 1.69. The van der Waals surface area contributed by atoms with Crippen molar-refractivity contribution in [1.29, 1.82) is 0 Å². The third-order valence-corrected chi connectivity index (χ3v) is 5.23. The highest BCUT2D eigenvalue weighted by Crippen LogP contribution is 2.40. The molecule has 2 atom stereocenters. The van der Waals surface area contributed by atoms with Crippen LogP contribution in [0.25, 0.3) is 4.96 Å². The normalized spacial score (nSPS) is 18.8. The number of hydrogen-bond acceptors (Lipinski definition) is 6. The van der Waals surface area contributed by atoms with Gasteiger partial charge in [-0.05, 0) is 13.0 Å². The van der Waals surface area contributed by atoms with Crippen LogP contribution in [0.1, 0.15) is 41.4 Å². The number of carbonyl (C=O) groups is 1. The Labute approximate surface area is 147 Å². The monoisotopic (exact) mass is 356 g/mol. The molecule has 2 unspecified atom stereocenters. The average Bonchev–Trinajstić information content (AvgIpc) is 3.18. The first-order valence-corrected chi connectivity index (χ1v) is 8.85. The highest BCUT2D eigenvalue weighted by molar-refractivity contribution is 7.15. The molecule has 4 rings (SSSR count). The molecule has 6 nitrogen and oxygen atoms in total. The van der Waals surface area contributed by atoms with Gasteiger partial charge in [0.2, 0.25) is 0 Å². The van der Waals surface area contributed by atoms with Gasteiger partial charge in [-0.2, -0.15) is 0 Å². The molecule has 0 N–H and O–H groups in total. The molecular formula is C18H16N2O4S. The second kappa shape index (κ2) is 6.00. The van der Waals surface area contributed by atoms with E-state index in [0.29, 0.717) is 22.0 Å². The van der Waals surface area contributed by atoms with Crippen molar-refractivity contribution < 1.29 is 14.3 Å². The maximum Gasteiger partial charge on any atom is 0.342 e. The fraction of sp³-hybridized carbons (Fsp3) is 0.278. The van der Waals surface area contributed by atoms with Gasteiger partial charge >= 0.3 is 5.97 Å². The van der Waals surface area contributed by atoms with Gasteiger partial charge in [-0.1, -0.05) is 19.1 Å². The third kappa shape index (κ3) is 2.70. The van der Waals surface area contributed by atoms with Crippen LogP contribution in [0, 0.1) is 0 Å². The number of thiazole rings is 1. The van der Waals surface area contributed by atoms with Gasteiger partial charge in [-0.15, -0.1) is 11.3 Å². The standard InChI is InChI=1S/C18H16N2O4S/c1-10-11(2)24-16-13(10)4-3-5-14(16)17(22)23-9-12-8-15(21)20-6-7-25-18(20)19-12/h3-8,10-11H,9H2,1-2H3. The molecule has 0 fully saturated rings. The molecule has 1 aliphatic heterocycles. The molecule has 0 aliphatic carbocycles. The summed E-state index contributed by atoms with van der Waals surface area (Å²) in [5.41, 5.74) is 1.65. The first kappa shape index (κ1) is 15.8. The van der Waals surface area contributed by atoms with Gasteiger partial charge in [0.15, 0.2) is 4.96 Å². The predicted molar refractivity (Wildman–Crippen MR) is 93.4 cm³/mol. The first-order chi connectivity index (χ1) is 12.0. The smallest absolute Gasteiger partial charge is 0.342 e. The van der Waals surface area contributed by atoms with Crippen molar-refractivity contribution in [3.8, 4) is 5.75 Å². The largest absolute Gasteiger partial charge is 0.489 e. The number of para-hydroxylation sites is 1. The second-order valence-electron chi connectivity index (χ2n) is 6.05. The summed E-state index contributed by atoms with van der Waals surface area (Å²) >= 11 is 1.35. The van der Waals surface area contributed by atoms with Crippen LogP contribution in [-0.2, 0) is 11.3 Å². The van der Waals surface area contributed by atoms with Crippen LogP contribution >= 0.6 is 11.3 Å². The van der Waals surface area contributed by atoms with Crippen LogP contribution in [0.2, 0.25) is 0 Å². The van der Waals surface area contributed by atoms with Gasteiger partial charge in [0.1, 0.15) is 24.0 Å². The quantitative estimate of drug-likeness (QED) is 0.675. The number of rotatable bonds is 3. The summed E-state index contributed by atoms with van der Waals surface area (Å²) in [6.45, 7) is 3.99. The van der Waals surface area contributed by atoms with Crippen molar-refractivity contribution in [1.82, 2.24) is 9.38 Å². The van der Waals surface area contributed by atoms with Crippen molar-refractivity contribution in [2.45, 2.75) is 32.5 Å². The lowest BCUT2D eigenvalue weighted by Crippen LogP contribution is -2.15. The van der Waals surface area contributed by atoms with Gasteiger partial charge in [0.05, 0.1) is 5.69 Å². The maximum atomic E-state index is 12.5. The first-order valence-electron chi connectivity index (χ1n) is 7.97. The zero-order chi connectivity index (χ0) is 17.6. The molecule has 25 heavy (non-hydrogen) atoms. The zero-order valence-corrected chi connectivity index (χ0v) is 14.6. The van der Waals surface area contributed by atoms with Crippen molar-refractivity contribution in [3.63, 3.8) is 0 Å². The Hall–Kier alpha value is -2.67. The molecule has 3 aromatic rings. The van der Waals surface area contributed by atoms with E-state index in [1.807, 2.05) is 19.1 Å². The third-order valence-electron chi connectivity index (χ3n) is 4.47. The van der Waals surface area contributed by atoms with E-state index in [-0.39, 0.29) is 24.2 Å². The van der Waals surface area contributed by atoms with Crippen molar-refractivity contribution in [3.05, 3.63) is 63.0 Å². The lowest BCUT2D eigenvalue weighted by molar-refractivity contribution is 0.0462. The van der Waals surface area contributed by atoms with Crippen molar-refractivity contribution >= 4 is 22.3 Å². The summed E-state index contributed by atoms with van der Waals surface area (Å²) in [6, 6.07) is 6.86. The van der Waals surface area contributed by atoms with Crippen LogP contribution in [0.15, 0.2) is 40.6 Å². The summed E-state index contributed by atoms with van der Waals surface area (Å²) < 4.78 is 12.6. The minimum atomic E-state index is -0.480. The fourth-order valence-corrected chi connectivity index (χ4v) is 3.66. The molecule has 3 heterocycles. The molecule has 0 amide bonds.